The van der Waals surface area contributed by atoms with Gasteiger partial charge in [-0.2, -0.15) is 0 Å². The van der Waals surface area contributed by atoms with Gasteiger partial charge in [0.2, 0.25) is 0 Å². The summed E-state index contributed by atoms with van der Waals surface area (Å²) in [6.45, 7) is 13.5. The molecule has 3 saturated carbocycles. The average molecular weight is 430 g/mol. The van der Waals surface area contributed by atoms with Crippen LogP contribution in [-0.4, -0.2) is 17.0 Å². The molecule has 2 nitrogen and oxygen atoms in total. The van der Waals surface area contributed by atoms with E-state index in [4.69, 9.17) is 0 Å². The summed E-state index contributed by atoms with van der Waals surface area (Å²) >= 11 is 0. The van der Waals surface area contributed by atoms with Crippen molar-refractivity contribution >= 4 is 5.78 Å². The Labute approximate surface area is 193 Å². The first kappa shape index (κ1) is 22.2. The van der Waals surface area contributed by atoms with Gasteiger partial charge in [-0.15, -0.1) is 0 Å². The van der Waals surface area contributed by atoms with Crippen molar-refractivity contribution in [2.24, 2.45) is 52.2 Å². The van der Waals surface area contributed by atoms with Crippen molar-refractivity contribution in [3.63, 3.8) is 0 Å². The van der Waals surface area contributed by atoms with E-state index in [-0.39, 0.29) is 17.4 Å². The van der Waals surface area contributed by atoms with Crippen molar-refractivity contribution in [1.82, 2.24) is 0 Å². The summed E-state index contributed by atoms with van der Waals surface area (Å²) in [7, 11) is 0. The van der Waals surface area contributed by atoms with E-state index in [0.717, 1.165) is 38.0 Å². The summed E-state index contributed by atoms with van der Waals surface area (Å²) in [4.78, 5) is 11.6. The lowest BCUT2D eigenvalue weighted by Crippen LogP contribution is -2.53. The highest BCUT2D eigenvalue weighted by Gasteiger charge is 2.60. The summed E-state index contributed by atoms with van der Waals surface area (Å²) < 4.78 is 9.45. The monoisotopic (exact) mass is 429 g/mol. The van der Waals surface area contributed by atoms with Crippen molar-refractivity contribution in [3.05, 3.63) is 11.6 Å². The van der Waals surface area contributed by atoms with Gasteiger partial charge in [-0.25, -0.2) is 0 Å². The highest BCUT2D eigenvalue weighted by atomic mass is 16.3. The van der Waals surface area contributed by atoms with E-state index in [9.17, 15) is 11.3 Å². The van der Waals surface area contributed by atoms with Gasteiger partial charge in [-0.05, 0) is 105 Å². The third kappa shape index (κ3) is 3.98. The molecule has 31 heavy (non-hydrogen) atoms. The van der Waals surface area contributed by atoms with Gasteiger partial charge < -0.3 is 5.11 Å². The van der Waals surface area contributed by atoms with Crippen molar-refractivity contribution in [3.8, 4) is 0 Å². The Balaban J connectivity index is 1.53. The highest BCUT2D eigenvalue weighted by molar-refractivity contribution is 5.77. The van der Waals surface area contributed by atoms with Gasteiger partial charge in [-0.1, -0.05) is 59.1 Å². The van der Waals surface area contributed by atoms with Gasteiger partial charge in [0, 0.05) is 7.29 Å². The summed E-state index contributed by atoms with van der Waals surface area (Å²) in [5, 5.41) is 10.3. The zero-order chi connectivity index (χ0) is 23.5. The maximum atomic E-state index is 11.6. The van der Waals surface area contributed by atoms with Crippen LogP contribution in [0.2, 0.25) is 0 Å². The molecule has 176 valence electrons. The molecule has 10 atom stereocenters. The van der Waals surface area contributed by atoms with Gasteiger partial charge in [0.05, 0.1) is 6.10 Å². The van der Waals surface area contributed by atoms with Crippen LogP contribution in [0.1, 0.15) is 107 Å². The molecule has 0 radical (unpaired) electrons. The van der Waals surface area contributed by atoms with Gasteiger partial charge in [0.25, 0.3) is 0 Å². The molecule has 0 aromatic rings. The quantitative estimate of drug-likeness (QED) is 0.453. The second-order valence-corrected chi connectivity index (χ2v) is 12.6. The van der Waals surface area contributed by atoms with Crippen LogP contribution < -0.4 is 0 Å². The fourth-order valence-electron chi connectivity index (χ4n) is 8.85. The Morgan fingerprint density at radius 3 is 2.61 bits per heavy atom. The van der Waals surface area contributed by atoms with Crippen molar-refractivity contribution in [1.29, 1.82) is 0 Å². The van der Waals surface area contributed by atoms with Gasteiger partial charge >= 0.3 is 0 Å². The molecule has 2 heteroatoms. The lowest BCUT2D eigenvalue weighted by molar-refractivity contribution is -0.120. The van der Waals surface area contributed by atoms with Gasteiger partial charge in [0.1, 0.15) is 5.78 Å². The summed E-state index contributed by atoms with van der Waals surface area (Å²) in [6, 6.07) is 0. The molecule has 3 fully saturated rings. The van der Waals surface area contributed by atoms with Gasteiger partial charge in [0.15, 0.2) is 0 Å². The van der Waals surface area contributed by atoms with Crippen LogP contribution in [0.15, 0.2) is 11.6 Å². The number of carbonyl (C=O) groups is 1. The molecule has 0 heterocycles. The lowest BCUT2D eigenvalue weighted by atomic mass is 9.45. The smallest absolute Gasteiger partial charge is 0.132 e. The normalized spacial score (nSPS) is 49.2. The molecule has 4 aliphatic rings. The maximum Gasteiger partial charge on any atom is 0.132 e. The molecular formula is C29H48O2. The first-order valence-electron chi connectivity index (χ1n) is 13.8. The van der Waals surface area contributed by atoms with Crippen LogP contribution in [-0.2, 0) is 4.79 Å². The minimum absolute atomic E-state index is 0.193. The summed E-state index contributed by atoms with van der Waals surface area (Å²) in [6.07, 6.45) is 13.5. The van der Waals surface area contributed by atoms with Crippen LogP contribution in [0.4, 0.5) is 0 Å². The standard InChI is InChI=1S/C29H48O2/c1-18(21(4)30)8-7-9-19(2)24-10-11-25-27-20(3)16-22-17-23(31)12-14-28(22,5)26(27)13-15-29(24,25)6/h16,18-20,23-27,31H,7-15,17H2,1-6H3/t18-,19-,20-,23+,24-,25+,26+,27+,28+,29-/m1/s1/i20D. The Hall–Kier alpha value is -0.630. The topological polar surface area (TPSA) is 37.3 Å². The molecule has 0 saturated heterocycles. The van der Waals surface area contributed by atoms with Crippen LogP contribution in [0.25, 0.3) is 0 Å². The Morgan fingerprint density at radius 2 is 1.90 bits per heavy atom. The number of allylic oxidation sites excluding steroid dienone is 1. The molecule has 0 bridgehead atoms. The van der Waals surface area contributed by atoms with Gasteiger partial charge in [-0.3, -0.25) is 4.79 Å². The first-order valence-corrected chi connectivity index (χ1v) is 13.3. The fourth-order valence-corrected chi connectivity index (χ4v) is 8.85. The molecule has 0 unspecified atom stereocenters. The average Bonchev–Trinajstić information content (AvgIpc) is 3.06. The van der Waals surface area contributed by atoms with Crippen molar-refractivity contribution < 1.29 is 11.3 Å². The van der Waals surface area contributed by atoms with E-state index in [1.807, 2.05) is 0 Å². The minimum atomic E-state index is -0.516. The predicted octanol–water partition coefficient (Wildman–Crippen LogP) is 7.20. The number of fused-ring (bicyclic) bond motifs is 5. The number of aliphatic hydroxyl groups is 1. The summed E-state index contributed by atoms with van der Waals surface area (Å²) in [5.41, 5.74) is 1.93. The maximum absolute atomic E-state index is 11.6. The number of Topliss-reactive ketones (excluding diaryl/α,β-unsaturated/α-hetero) is 1. The van der Waals surface area contributed by atoms with Crippen LogP contribution in [0, 0.1) is 52.2 Å². The molecule has 4 rings (SSSR count). The molecule has 0 aliphatic heterocycles. The second kappa shape index (κ2) is 8.62. The summed E-state index contributed by atoms with van der Waals surface area (Å²) in [5.74, 6) is 3.16. The van der Waals surface area contributed by atoms with Crippen molar-refractivity contribution in [2.75, 3.05) is 0 Å². The lowest BCUT2D eigenvalue weighted by Gasteiger charge is -2.60. The van der Waals surface area contributed by atoms with Crippen LogP contribution in [0.5, 0.6) is 0 Å². The SMILES string of the molecule is [2H][C@@]1(C)C=C2C[C@@H](O)CC[C@]2(C)[C@H]2CC[C@]3(C)[C@@H]([C@H](C)CCC[C@@H](C)C(C)=O)CC[C@H]3[C@@H]21. The van der Waals surface area contributed by atoms with E-state index < -0.39 is 5.89 Å². The second-order valence-electron chi connectivity index (χ2n) is 12.6. The number of aliphatic hydroxyl groups excluding tert-OH is 1. The van der Waals surface area contributed by atoms with E-state index in [0.29, 0.717) is 34.9 Å². The Morgan fingerprint density at radius 1 is 1.16 bits per heavy atom. The van der Waals surface area contributed by atoms with E-state index in [1.54, 1.807) is 6.92 Å². The van der Waals surface area contributed by atoms with E-state index >= 15 is 0 Å². The molecule has 0 aromatic heterocycles. The number of hydrogen-bond acceptors (Lipinski definition) is 2. The molecule has 0 spiro atoms. The van der Waals surface area contributed by atoms with Crippen molar-refractivity contribution in [2.45, 2.75) is 112 Å². The Kier molecular flexibility index (Phi) is 6.17. The first-order chi connectivity index (χ1) is 14.9. The predicted molar refractivity (Wildman–Crippen MR) is 129 cm³/mol. The van der Waals surface area contributed by atoms with Crippen LogP contribution >= 0.6 is 0 Å². The number of hydrogen-bond donors (Lipinski definition) is 1. The largest absolute Gasteiger partial charge is 0.393 e. The van der Waals surface area contributed by atoms with E-state index in [2.05, 4.69) is 40.7 Å². The molecule has 1 N–H and O–H groups in total. The number of ketones is 1. The highest BCUT2D eigenvalue weighted by Crippen LogP contribution is 2.68. The Bertz CT molecular complexity index is 756. The zero-order valence-electron chi connectivity index (χ0n) is 22.0. The third-order valence-corrected chi connectivity index (χ3v) is 11.0. The molecule has 4 aliphatic carbocycles. The van der Waals surface area contributed by atoms with E-state index in [1.165, 1.54) is 37.7 Å². The number of rotatable bonds is 6. The fraction of sp³-hybridized carbons (Fsp3) is 0.897. The third-order valence-electron chi connectivity index (χ3n) is 11.0. The molecule has 0 aromatic carbocycles. The molecular weight excluding hydrogens is 380 g/mol. The zero-order valence-corrected chi connectivity index (χ0v) is 21.0. The molecule has 0 amide bonds. The van der Waals surface area contributed by atoms with Crippen LogP contribution in [0.3, 0.4) is 0 Å². The minimum Gasteiger partial charge on any atom is -0.393 e. The number of carbonyl (C=O) groups excluding carboxylic acids is 1.